The second-order valence-corrected chi connectivity index (χ2v) is 4.12. The monoisotopic (exact) mass is 222 g/mol. The Hall–Kier alpha value is -1.58. The van der Waals surface area contributed by atoms with E-state index >= 15 is 0 Å². The van der Waals surface area contributed by atoms with Crippen molar-refractivity contribution in [3.05, 3.63) is 29.6 Å². The molecular weight excluding hydrogens is 207 g/mol. The molecule has 4 heteroatoms. The molecule has 1 aliphatic heterocycles. The quantitative estimate of drug-likeness (QED) is 0.777. The van der Waals surface area contributed by atoms with E-state index in [2.05, 4.69) is 0 Å². The van der Waals surface area contributed by atoms with Crippen LogP contribution >= 0.6 is 0 Å². The van der Waals surface area contributed by atoms with Gasteiger partial charge >= 0.3 is 0 Å². The fraction of sp³-hybridized carbons (Fsp3) is 0.417. The van der Waals surface area contributed by atoms with E-state index in [1.54, 1.807) is 17.0 Å². The van der Waals surface area contributed by atoms with Gasteiger partial charge in [0.2, 0.25) is 5.91 Å². The van der Waals surface area contributed by atoms with Crippen molar-refractivity contribution in [1.82, 2.24) is 4.90 Å². The second kappa shape index (κ2) is 4.51. The molecule has 0 atom stereocenters. The van der Waals surface area contributed by atoms with Crippen molar-refractivity contribution in [3.63, 3.8) is 0 Å². The fourth-order valence-corrected chi connectivity index (χ4v) is 1.93. The molecule has 1 heterocycles. The molecule has 0 bridgehead atoms. The van der Waals surface area contributed by atoms with E-state index in [0.717, 1.165) is 19.4 Å². The van der Waals surface area contributed by atoms with Crippen LogP contribution in [0.15, 0.2) is 18.2 Å². The number of carbonyl (C=O) groups is 1. The predicted octanol–water partition coefficient (Wildman–Crippen LogP) is 1.92. The number of piperidine rings is 1. The van der Waals surface area contributed by atoms with Crippen LogP contribution in [0.5, 0.6) is 0 Å². The number of nitrogen functional groups attached to an aromatic ring is 1. The van der Waals surface area contributed by atoms with Crippen molar-refractivity contribution < 1.29 is 9.18 Å². The lowest BCUT2D eigenvalue weighted by Gasteiger charge is -2.26. The SMILES string of the molecule is Nc1ccc(CN2CCCCC2=O)c(F)c1. The minimum absolute atomic E-state index is 0.113. The van der Waals surface area contributed by atoms with Gasteiger partial charge in [-0.3, -0.25) is 4.79 Å². The highest BCUT2D eigenvalue weighted by atomic mass is 19.1. The molecule has 16 heavy (non-hydrogen) atoms. The van der Waals surface area contributed by atoms with Gasteiger partial charge < -0.3 is 10.6 Å². The van der Waals surface area contributed by atoms with Gasteiger partial charge in [0.05, 0.1) is 0 Å². The first-order valence-corrected chi connectivity index (χ1v) is 5.48. The first-order chi connectivity index (χ1) is 7.66. The number of hydrogen-bond donors (Lipinski definition) is 1. The molecule has 3 nitrogen and oxygen atoms in total. The zero-order valence-electron chi connectivity index (χ0n) is 9.08. The van der Waals surface area contributed by atoms with Crippen LogP contribution < -0.4 is 5.73 Å². The van der Waals surface area contributed by atoms with Crippen LogP contribution in [0.4, 0.5) is 10.1 Å². The molecule has 0 aliphatic carbocycles. The van der Waals surface area contributed by atoms with Crippen LogP contribution in [0.1, 0.15) is 24.8 Å². The smallest absolute Gasteiger partial charge is 0.222 e. The van der Waals surface area contributed by atoms with Crippen molar-refractivity contribution in [2.75, 3.05) is 12.3 Å². The highest BCUT2D eigenvalue weighted by Crippen LogP contribution is 2.17. The van der Waals surface area contributed by atoms with Crippen LogP contribution in [-0.2, 0) is 11.3 Å². The zero-order valence-corrected chi connectivity index (χ0v) is 9.08. The van der Waals surface area contributed by atoms with Crippen molar-refractivity contribution >= 4 is 11.6 Å². The summed E-state index contributed by atoms with van der Waals surface area (Å²) in [7, 11) is 0. The molecule has 2 rings (SSSR count). The Balaban J connectivity index is 2.10. The van der Waals surface area contributed by atoms with Crippen LogP contribution in [-0.4, -0.2) is 17.4 Å². The molecule has 1 saturated heterocycles. The Morgan fingerprint density at radius 3 is 2.88 bits per heavy atom. The number of nitrogens with zero attached hydrogens (tertiary/aromatic N) is 1. The van der Waals surface area contributed by atoms with Crippen LogP contribution in [0.2, 0.25) is 0 Å². The van der Waals surface area contributed by atoms with Gasteiger partial charge in [-0.25, -0.2) is 4.39 Å². The first kappa shape index (κ1) is 10.9. The molecule has 2 N–H and O–H groups in total. The minimum atomic E-state index is -0.335. The van der Waals surface area contributed by atoms with E-state index < -0.39 is 0 Å². The minimum Gasteiger partial charge on any atom is -0.399 e. The molecule has 1 amide bonds. The molecular formula is C12H15FN2O. The summed E-state index contributed by atoms with van der Waals surface area (Å²) in [5, 5.41) is 0. The van der Waals surface area contributed by atoms with Crippen LogP contribution in [0.25, 0.3) is 0 Å². The number of anilines is 1. The summed E-state index contributed by atoms with van der Waals surface area (Å²) in [6.07, 6.45) is 2.53. The maximum atomic E-state index is 13.5. The average Bonchev–Trinajstić information content (AvgIpc) is 2.25. The predicted molar refractivity (Wildman–Crippen MR) is 60.1 cm³/mol. The molecule has 1 fully saturated rings. The van der Waals surface area contributed by atoms with E-state index in [9.17, 15) is 9.18 Å². The summed E-state index contributed by atoms with van der Waals surface area (Å²) in [6, 6.07) is 4.60. The maximum absolute atomic E-state index is 13.5. The average molecular weight is 222 g/mol. The van der Waals surface area contributed by atoms with Crippen molar-refractivity contribution in [1.29, 1.82) is 0 Å². The second-order valence-electron chi connectivity index (χ2n) is 4.12. The summed E-state index contributed by atoms with van der Waals surface area (Å²) < 4.78 is 13.5. The highest BCUT2D eigenvalue weighted by Gasteiger charge is 2.19. The molecule has 1 aromatic rings. The van der Waals surface area contributed by atoms with Crippen molar-refractivity contribution in [2.24, 2.45) is 0 Å². The zero-order chi connectivity index (χ0) is 11.5. The highest BCUT2D eigenvalue weighted by molar-refractivity contribution is 5.76. The van der Waals surface area contributed by atoms with Gasteiger partial charge in [-0.05, 0) is 25.0 Å². The number of nitrogens with two attached hydrogens (primary N) is 1. The number of amides is 1. The maximum Gasteiger partial charge on any atom is 0.222 e. The largest absolute Gasteiger partial charge is 0.399 e. The molecule has 1 aromatic carbocycles. The molecule has 0 spiro atoms. The summed E-state index contributed by atoms with van der Waals surface area (Å²) in [5.74, 6) is -0.221. The first-order valence-electron chi connectivity index (χ1n) is 5.48. The lowest BCUT2D eigenvalue weighted by molar-refractivity contribution is -0.133. The normalized spacial score (nSPS) is 16.6. The molecule has 1 aliphatic rings. The van der Waals surface area contributed by atoms with Gasteiger partial charge in [-0.1, -0.05) is 6.07 Å². The molecule has 0 radical (unpaired) electrons. The Kier molecular flexibility index (Phi) is 3.08. The lowest BCUT2D eigenvalue weighted by atomic mass is 10.1. The third-order valence-electron chi connectivity index (χ3n) is 2.86. The van der Waals surface area contributed by atoms with E-state index in [1.165, 1.54) is 6.07 Å². The summed E-state index contributed by atoms with van der Waals surface area (Å²) in [4.78, 5) is 13.3. The Morgan fingerprint density at radius 2 is 2.19 bits per heavy atom. The number of carbonyl (C=O) groups excluding carboxylic acids is 1. The van der Waals surface area contributed by atoms with E-state index in [-0.39, 0.29) is 11.7 Å². The summed E-state index contributed by atoms with van der Waals surface area (Å²) in [6.45, 7) is 1.08. The molecule has 0 unspecified atom stereocenters. The van der Waals surface area contributed by atoms with Gasteiger partial charge in [0.1, 0.15) is 5.82 Å². The van der Waals surface area contributed by atoms with E-state index in [0.29, 0.717) is 24.2 Å². The fourth-order valence-electron chi connectivity index (χ4n) is 1.93. The van der Waals surface area contributed by atoms with Gasteiger partial charge in [-0.2, -0.15) is 0 Å². The number of rotatable bonds is 2. The van der Waals surface area contributed by atoms with Gasteiger partial charge in [-0.15, -0.1) is 0 Å². The number of hydrogen-bond acceptors (Lipinski definition) is 2. The standard InChI is InChI=1S/C12H15FN2O/c13-11-7-10(14)5-4-9(11)8-15-6-2-1-3-12(15)16/h4-5,7H,1-3,6,8,14H2. The number of likely N-dealkylation sites (tertiary alicyclic amines) is 1. The third-order valence-corrected chi connectivity index (χ3v) is 2.86. The number of halogens is 1. The Labute approximate surface area is 94.0 Å². The van der Waals surface area contributed by atoms with Crippen molar-refractivity contribution in [2.45, 2.75) is 25.8 Å². The van der Waals surface area contributed by atoms with Crippen LogP contribution in [0.3, 0.4) is 0 Å². The molecule has 0 aromatic heterocycles. The van der Waals surface area contributed by atoms with Crippen molar-refractivity contribution in [3.8, 4) is 0 Å². The van der Waals surface area contributed by atoms with Crippen LogP contribution in [0, 0.1) is 5.82 Å². The van der Waals surface area contributed by atoms with Gasteiger partial charge in [0.25, 0.3) is 0 Å². The van der Waals surface area contributed by atoms with E-state index in [1.807, 2.05) is 0 Å². The van der Waals surface area contributed by atoms with Gasteiger partial charge in [0.15, 0.2) is 0 Å². The third kappa shape index (κ3) is 2.32. The summed E-state index contributed by atoms with van der Waals surface area (Å²) in [5.41, 5.74) is 6.41. The Morgan fingerprint density at radius 1 is 1.38 bits per heavy atom. The van der Waals surface area contributed by atoms with E-state index in [4.69, 9.17) is 5.73 Å². The Bertz CT molecular complexity index is 406. The summed E-state index contributed by atoms with van der Waals surface area (Å²) >= 11 is 0. The van der Waals surface area contributed by atoms with Gasteiger partial charge in [0, 0.05) is 30.8 Å². The molecule has 0 saturated carbocycles. The number of benzene rings is 1. The lowest BCUT2D eigenvalue weighted by Crippen LogP contribution is -2.34. The topological polar surface area (TPSA) is 46.3 Å². The molecule has 86 valence electrons.